The molecule has 0 heterocycles. The zero-order valence-electron chi connectivity index (χ0n) is 11.3. The van der Waals surface area contributed by atoms with Crippen LogP contribution in [0.2, 0.25) is 0 Å². The van der Waals surface area contributed by atoms with Crippen molar-refractivity contribution in [3.8, 4) is 0 Å². The van der Waals surface area contributed by atoms with Crippen LogP contribution in [0.5, 0.6) is 0 Å². The molecule has 1 unspecified atom stereocenters. The van der Waals surface area contributed by atoms with Gasteiger partial charge in [0.25, 0.3) is 0 Å². The first-order valence-corrected chi connectivity index (χ1v) is 8.81. The molecule has 0 saturated heterocycles. The molecule has 1 atom stereocenters. The quantitative estimate of drug-likeness (QED) is 0.799. The molecule has 0 bridgehead atoms. The van der Waals surface area contributed by atoms with E-state index in [4.69, 9.17) is 5.73 Å². The van der Waals surface area contributed by atoms with Crippen molar-refractivity contribution in [2.75, 3.05) is 19.3 Å². The molecule has 2 aliphatic carbocycles. The lowest BCUT2D eigenvalue weighted by Crippen LogP contribution is -2.45. The van der Waals surface area contributed by atoms with Crippen LogP contribution >= 0.6 is 0 Å². The summed E-state index contributed by atoms with van der Waals surface area (Å²) in [6.45, 7) is 0.449. The smallest absolute Gasteiger partial charge is 0.214 e. The van der Waals surface area contributed by atoms with Crippen molar-refractivity contribution in [2.24, 2.45) is 17.6 Å². The van der Waals surface area contributed by atoms with Crippen molar-refractivity contribution < 1.29 is 8.42 Å². The monoisotopic (exact) mass is 274 g/mol. The molecule has 106 valence electrons. The summed E-state index contributed by atoms with van der Waals surface area (Å²) in [4.78, 5) is 0. The van der Waals surface area contributed by atoms with Crippen LogP contribution in [0, 0.1) is 11.8 Å². The molecule has 18 heavy (non-hydrogen) atoms. The Morgan fingerprint density at radius 1 is 1.17 bits per heavy atom. The summed E-state index contributed by atoms with van der Waals surface area (Å²) in [7, 11) is -1.41. The molecule has 0 aromatic rings. The van der Waals surface area contributed by atoms with Gasteiger partial charge in [0, 0.05) is 19.6 Å². The van der Waals surface area contributed by atoms with Gasteiger partial charge < -0.3 is 5.73 Å². The van der Waals surface area contributed by atoms with Crippen LogP contribution in [-0.4, -0.2) is 38.1 Å². The highest BCUT2D eigenvalue weighted by molar-refractivity contribution is 7.89. The fourth-order valence-corrected chi connectivity index (χ4v) is 4.93. The maximum Gasteiger partial charge on any atom is 0.214 e. The number of nitrogens with zero attached hydrogens (tertiary/aromatic N) is 1. The van der Waals surface area contributed by atoms with E-state index in [1.807, 2.05) is 0 Å². The van der Waals surface area contributed by atoms with Gasteiger partial charge in [-0.2, -0.15) is 0 Å². The molecule has 2 saturated carbocycles. The van der Waals surface area contributed by atoms with Gasteiger partial charge in [0.05, 0.1) is 5.75 Å². The van der Waals surface area contributed by atoms with Crippen LogP contribution in [0.4, 0.5) is 0 Å². The van der Waals surface area contributed by atoms with Crippen LogP contribution in [0.15, 0.2) is 0 Å². The molecule has 2 aliphatic rings. The third-order valence-corrected chi connectivity index (χ3v) is 6.53. The highest BCUT2D eigenvalue weighted by Crippen LogP contribution is 2.36. The number of nitrogens with two attached hydrogens (primary N) is 1. The van der Waals surface area contributed by atoms with E-state index in [2.05, 4.69) is 0 Å². The summed E-state index contributed by atoms with van der Waals surface area (Å²) in [5.41, 5.74) is 5.74. The minimum atomic E-state index is -3.12. The number of likely N-dealkylation sites (N-methyl/N-ethyl adjacent to an activating group) is 1. The zero-order valence-corrected chi connectivity index (χ0v) is 12.2. The summed E-state index contributed by atoms with van der Waals surface area (Å²) in [5, 5.41) is 0. The Balaban J connectivity index is 1.95. The van der Waals surface area contributed by atoms with Crippen molar-refractivity contribution in [1.29, 1.82) is 0 Å². The predicted molar refractivity (Wildman–Crippen MR) is 73.7 cm³/mol. The summed E-state index contributed by atoms with van der Waals surface area (Å²) in [5.74, 6) is 1.19. The standard InChI is InChI=1S/C13H26N2O2S/c1-15(13(9-14)12-7-8-12)18(16,17)10-11-5-3-2-4-6-11/h11-13H,2-10,14H2,1H3. The fraction of sp³-hybridized carbons (Fsp3) is 1.00. The van der Waals surface area contributed by atoms with Gasteiger partial charge in [0.2, 0.25) is 10.0 Å². The van der Waals surface area contributed by atoms with Crippen LogP contribution < -0.4 is 5.73 Å². The lowest BCUT2D eigenvalue weighted by molar-refractivity contribution is 0.328. The second-order valence-corrected chi connectivity index (χ2v) is 8.01. The van der Waals surface area contributed by atoms with E-state index in [9.17, 15) is 8.42 Å². The third kappa shape index (κ3) is 3.45. The van der Waals surface area contributed by atoms with E-state index in [0.29, 0.717) is 24.1 Å². The lowest BCUT2D eigenvalue weighted by Gasteiger charge is -2.29. The van der Waals surface area contributed by atoms with Crippen LogP contribution in [0.3, 0.4) is 0 Å². The van der Waals surface area contributed by atoms with Crippen molar-refractivity contribution in [2.45, 2.75) is 51.0 Å². The average molecular weight is 274 g/mol. The van der Waals surface area contributed by atoms with E-state index < -0.39 is 10.0 Å². The van der Waals surface area contributed by atoms with Crippen molar-refractivity contribution >= 4 is 10.0 Å². The summed E-state index contributed by atoms with van der Waals surface area (Å²) < 4.78 is 26.4. The van der Waals surface area contributed by atoms with Crippen LogP contribution in [-0.2, 0) is 10.0 Å². The first-order valence-electron chi connectivity index (χ1n) is 7.20. The van der Waals surface area contributed by atoms with Gasteiger partial charge in [-0.05, 0) is 37.5 Å². The summed E-state index contributed by atoms with van der Waals surface area (Å²) >= 11 is 0. The number of sulfonamides is 1. The van der Waals surface area contributed by atoms with Crippen molar-refractivity contribution in [3.63, 3.8) is 0 Å². The molecular weight excluding hydrogens is 248 g/mol. The average Bonchev–Trinajstić information content (AvgIpc) is 3.15. The topological polar surface area (TPSA) is 63.4 Å². The molecule has 2 rings (SSSR count). The van der Waals surface area contributed by atoms with E-state index >= 15 is 0 Å². The molecular formula is C13H26N2O2S. The van der Waals surface area contributed by atoms with E-state index in [1.54, 1.807) is 11.4 Å². The highest BCUT2D eigenvalue weighted by atomic mass is 32.2. The molecule has 5 heteroatoms. The molecule has 0 amide bonds. The maximum atomic E-state index is 12.4. The third-order valence-electron chi connectivity index (χ3n) is 4.48. The summed E-state index contributed by atoms with van der Waals surface area (Å²) in [6.07, 6.45) is 8.05. The second-order valence-electron chi connectivity index (χ2n) is 5.94. The maximum absolute atomic E-state index is 12.4. The molecule has 2 N–H and O–H groups in total. The van der Waals surface area contributed by atoms with Crippen molar-refractivity contribution in [1.82, 2.24) is 4.31 Å². The molecule has 2 fully saturated rings. The Hall–Kier alpha value is -0.130. The Bertz CT molecular complexity index is 359. The van der Waals surface area contributed by atoms with Gasteiger partial charge in [-0.1, -0.05) is 19.3 Å². The van der Waals surface area contributed by atoms with E-state index in [-0.39, 0.29) is 6.04 Å². The minimum absolute atomic E-state index is 0.0265. The summed E-state index contributed by atoms with van der Waals surface area (Å²) in [6, 6.07) is 0.0265. The fourth-order valence-electron chi connectivity index (χ4n) is 3.09. The van der Waals surface area contributed by atoms with Gasteiger partial charge in [-0.15, -0.1) is 0 Å². The Morgan fingerprint density at radius 3 is 2.28 bits per heavy atom. The minimum Gasteiger partial charge on any atom is -0.329 e. The molecule has 0 radical (unpaired) electrons. The highest BCUT2D eigenvalue weighted by Gasteiger charge is 2.38. The first-order chi connectivity index (χ1) is 8.54. The van der Waals surface area contributed by atoms with Gasteiger partial charge in [-0.25, -0.2) is 12.7 Å². The van der Waals surface area contributed by atoms with Gasteiger partial charge in [0.1, 0.15) is 0 Å². The van der Waals surface area contributed by atoms with Gasteiger partial charge >= 0.3 is 0 Å². The molecule has 0 aromatic carbocycles. The van der Waals surface area contributed by atoms with Gasteiger partial charge in [0.15, 0.2) is 0 Å². The molecule has 0 spiro atoms. The Morgan fingerprint density at radius 2 is 1.78 bits per heavy atom. The number of hydrogen-bond donors (Lipinski definition) is 1. The van der Waals surface area contributed by atoms with Crippen LogP contribution in [0.1, 0.15) is 44.9 Å². The molecule has 0 aliphatic heterocycles. The number of rotatable bonds is 6. The lowest BCUT2D eigenvalue weighted by atomic mass is 9.91. The van der Waals surface area contributed by atoms with Crippen LogP contribution in [0.25, 0.3) is 0 Å². The van der Waals surface area contributed by atoms with E-state index in [0.717, 1.165) is 25.7 Å². The SMILES string of the molecule is CN(C(CN)C1CC1)S(=O)(=O)CC1CCCCC1. The molecule has 4 nitrogen and oxygen atoms in total. The Labute approximate surface area is 111 Å². The largest absolute Gasteiger partial charge is 0.329 e. The Kier molecular flexibility index (Phi) is 4.67. The van der Waals surface area contributed by atoms with Gasteiger partial charge in [-0.3, -0.25) is 0 Å². The predicted octanol–water partition coefficient (Wildman–Crippen LogP) is 1.57. The molecule has 0 aromatic heterocycles. The zero-order chi connectivity index (χ0) is 13.2. The second kappa shape index (κ2) is 5.88. The number of hydrogen-bond acceptors (Lipinski definition) is 3. The van der Waals surface area contributed by atoms with Crippen molar-refractivity contribution in [3.05, 3.63) is 0 Å². The first kappa shape index (κ1) is 14.3. The van der Waals surface area contributed by atoms with E-state index in [1.165, 1.54) is 19.3 Å². The normalized spacial score (nSPS) is 24.4.